The summed E-state index contributed by atoms with van der Waals surface area (Å²) in [6.07, 6.45) is 1.13. The van der Waals surface area contributed by atoms with Crippen LogP contribution in [0.4, 0.5) is 33.7 Å². The zero-order valence-electron chi connectivity index (χ0n) is 14.9. The van der Waals surface area contributed by atoms with Gasteiger partial charge in [0, 0.05) is 23.3 Å². The molecule has 14 heteroatoms. The molecule has 0 aliphatic rings. The minimum Gasteiger partial charge on any atom is -0.430 e. The van der Waals surface area contributed by atoms with Crippen molar-refractivity contribution in [1.29, 1.82) is 0 Å². The molecule has 2 aromatic heterocycles. The largest absolute Gasteiger partial charge is 0.430 e. The average Bonchev–Trinajstić information content (AvgIpc) is 3.43. The number of hydrogen-bond acceptors (Lipinski definition) is 8. The number of carbonyl (C=O) groups is 1. The summed E-state index contributed by atoms with van der Waals surface area (Å²) < 4.78 is 67.8. The summed E-state index contributed by atoms with van der Waals surface area (Å²) >= 11 is 0.947. The highest BCUT2D eigenvalue weighted by Crippen LogP contribution is 2.27. The van der Waals surface area contributed by atoms with Crippen LogP contribution in [0.5, 0.6) is 10.9 Å². The Kier molecular flexibility index (Phi) is 5.44. The molecule has 0 saturated heterocycles. The number of carbonyl (C=O) groups excluding carboxylic acids is 1. The van der Waals surface area contributed by atoms with E-state index >= 15 is 0 Å². The molecule has 0 spiro atoms. The molecule has 4 aromatic rings. The number of nitrogens with zero attached hydrogens (tertiary/aromatic N) is 4. The molecule has 158 valence electrons. The van der Waals surface area contributed by atoms with E-state index in [1.807, 2.05) is 0 Å². The van der Waals surface area contributed by atoms with Crippen LogP contribution in [0.1, 0.15) is 0 Å². The Hall–Kier alpha value is -4.07. The molecule has 0 unspecified atom stereocenters. The van der Waals surface area contributed by atoms with Gasteiger partial charge in [-0.05, 0) is 24.3 Å². The molecule has 0 aliphatic carbocycles. The first kappa shape index (κ1) is 20.2. The highest BCUT2D eigenvalue weighted by molar-refractivity contribution is 7.07. The quantitative estimate of drug-likeness (QED) is 0.336. The molecular formula is C17H8F4N6O3S. The number of urea groups is 1. The lowest BCUT2D eigenvalue weighted by Crippen LogP contribution is -2.21. The maximum atomic E-state index is 13.6. The van der Waals surface area contributed by atoms with E-state index in [0.717, 1.165) is 17.9 Å². The number of halogens is 4. The van der Waals surface area contributed by atoms with Crippen molar-refractivity contribution in [1.82, 2.24) is 19.5 Å². The van der Waals surface area contributed by atoms with Gasteiger partial charge in [-0.1, -0.05) is 5.16 Å². The van der Waals surface area contributed by atoms with Crippen molar-refractivity contribution in [2.24, 2.45) is 0 Å². The summed E-state index contributed by atoms with van der Waals surface area (Å²) in [5, 5.41) is 7.79. The topological polar surface area (TPSA) is 115 Å². The van der Waals surface area contributed by atoms with Crippen LogP contribution in [-0.2, 0) is 0 Å². The molecule has 9 nitrogen and oxygen atoms in total. The maximum Gasteiger partial charge on any atom is 0.323 e. The van der Waals surface area contributed by atoms with Gasteiger partial charge in [0.1, 0.15) is 11.4 Å². The van der Waals surface area contributed by atoms with Crippen LogP contribution in [0.3, 0.4) is 0 Å². The Balaban J connectivity index is 1.39. The third kappa shape index (κ3) is 4.42. The summed E-state index contributed by atoms with van der Waals surface area (Å²) in [4.78, 5) is 19.8. The molecule has 31 heavy (non-hydrogen) atoms. The first-order valence-electron chi connectivity index (χ1n) is 8.20. The van der Waals surface area contributed by atoms with Crippen LogP contribution in [-0.4, -0.2) is 25.5 Å². The lowest BCUT2D eigenvalue weighted by atomic mass is 10.2. The molecule has 2 aromatic carbocycles. The fourth-order valence-electron chi connectivity index (χ4n) is 2.28. The highest BCUT2D eigenvalue weighted by atomic mass is 32.1. The summed E-state index contributed by atoms with van der Waals surface area (Å²) in [6.45, 7) is 0. The first-order chi connectivity index (χ1) is 14.9. The van der Waals surface area contributed by atoms with Gasteiger partial charge < -0.3 is 19.9 Å². The number of nitrogens with one attached hydrogen (secondary N) is 2. The van der Waals surface area contributed by atoms with E-state index in [4.69, 9.17) is 4.74 Å². The van der Waals surface area contributed by atoms with Crippen LogP contribution in [0.25, 0.3) is 11.6 Å². The van der Waals surface area contributed by atoms with E-state index in [1.165, 1.54) is 24.3 Å². The molecular weight excluding hydrogens is 444 g/mol. The van der Waals surface area contributed by atoms with Gasteiger partial charge in [0.2, 0.25) is 18.0 Å². The van der Waals surface area contributed by atoms with Crippen LogP contribution < -0.4 is 15.4 Å². The second kappa shape index (κ2) is 8.35. The van der Waals surface area contributed by atoms with Crippen LogP contribution in [0.2, 0.25) is 0 Å². The molecule has 0 radical (unpaired) electrons. The number of benzene rings is 2. The van der Waals surface area contributed by atoms with Crippen molar-refractivity contribution in [3.8, 4) is 22.6 Å². The van der Waals surface area contributed by atoms with Crippen molar-refractivity contribution >= 4 is 28.9 Å². The second-order valence-electron chi connectivity index (χ2n) is 5.69. The summed E-state index contributed by atoms with van der Waals surface area (Å²) in [5.74, 6) is -5.99. The molecule has 0 saturated carbocycles. The second-order valence-corrected chi connectivity index (χ2v) is 6.40. The van der Waals surface area contributed by atoms with Gasteiger partial charge >= 0.3 is 6.03 Å². The number of amides is 2. The number of aromatic nitrogens is 4. The van der Waals surface area contributed by atoms with E-state index in [0.29, 0.717) is 5.75 Å². The van der Waals surface area contributed by atoms with Gasteiger partial charge in [-0.2, -0.15) is 14.3 Å². The van der Waals surface area contributed by atoms with Crippen molar-refractivity contribution in [3.63, 3.8) is 0 Å². The third-order valence-electron chi connectivity index (χ3n) is 3.64. The zero-order valence-corrected chi connectivity index (χ0v) is 15.7. The summed E-state index contributed by atoms with van der Waals surface area (Å²) in [5.41, 5.74) is -1.05. The highest BCUT2D eigenvalue weighted by Gasteiger charge is 2.21. The fraction of sp³-hybridized carbons (Fsp3) is 0. The molecule has 4 rings (SSSR count). The van der Waals surface area contributed by atoms with Gasteiger partial charge in [-0.15, -0.1) is 0 Å². The van der Waals surface area contributed by atoms with Crippen LogP contribution >= 0.6 is 11.5 Å². The summed E-state index contributed by atoms with van der Waals surface area (Å²) in [6, 6.07) is 4.67. The predicted octanol–water partition coefficient (Wildman–Crippen LogP) is 4.58. The van der Waals surface area contributed by atoms with Gasteiger partial charge in [0.25, 0.3) is 5.19 Å². The minimum atomic E-state index is -1.73. The van der Waals surface area contributed by atoms with Crippen molar-refractivity contribution in [3.05, 3.63) is 60.0 Å². The molecule has 2 N–H and O–H groups in total. The molecule has 0 atom stereocenters. The number of anilines is 2. The Morgan fingerprint density at radius 1 is 1.00 bits per heavy atom. The Bertz CT molecular complexity index is 1210. The SMILES string of the molecule is O=C(Nc1ccc(Oc2nc(-c3ncon3)ns2)cc1)Nc1c(F)c(F)cc(F)c1F. The van der Waals surface area contributed by atoms with E-state index in [9.17, 15) is 22.4 Å². The van der Waals surface area contributed by atoms with E-state index in [1.54, 1.807) is 5.32 Å². The fourth-order valence-corrected chi connectivity index (χ4v) is 2.82. The van der Waals surface area contributed by atoms with E-state index in [-0.39, 0.29) is 28.6 Å². The lowest BCUT2D eigenvalue weighted by molar-refractivity contribution is 0.262. The van der Waals surface area contributed by atoms with Gasteiger partial charge in [-0.3, -0.25) is 0 Å². The van der Waals surface area contributed by atoms with Gasteiger partial charge in [-0.25, -0.2) is 22.4 Å². The zero-order chi connectivity index (χ0) is 22.0. The van der Waals surface area contributed by atoms with Gasteiger partial charge in [0.15, 0.2) is 23.3 Å². The Morgan fingerprint density at radius 3 is 2.35 bits per heavy atom. The average molecular weight is 452 g/mol. The number of hydrogen-bond donors (Lipinski definition) is 2. The van der Waals surface area contributed by atoms with Crippen molar-refractivity contribution in [2.75, 3.05) is 10.6 Å². The number of ether oxygens (including phenoxy) is 1. The predicted molar refractivity (Wildman–Crippen MR) is 98.6 cm³/mol. The normalized spacial score (nSPS) is 10.7. The Labute approximate surface area is 173 Å². The van der Waals surface area contributed by atoms with Crippen LogP contribution in [0.15, 0.2) is 41.2 Å². The monoisotopic (exact) mass is 452 g/mol. The van der Waals surface area contributed by atoms with Crippen LogP contribution in [0, 0.1) is 23.3 Å². The lowest BCUT2D eigenvalue weighted by Gasteiger charge is -2.10. The van der Waals surface area contributed by atoms with Gasteiger partial charge in [0.05, 0.1) is 0 Å². The Morgan fingerprint density at radius 2 is 1.71 bits per heavy atom. The van der Waals surface area contributed by atoms with E-state index in [2.05, 4.69) is 29.3 Å². The minimum absolute atomic E-state index is 0.0373. The third-order valence-corrected chi connectivity index (χ3v) is 4.23. The number of rotatable bonds is 5. The molecule has 0 bridgehead atoms. The molecule has 2 heterocycles. The maximum absolute atomic E-state index is 13.6. The van der Waals surface area contributed by atoms with E-state index < -0.39 is 35.0 Å². The molecule has 2 amide bonds. The first-order valence-corrected chi connectivity index (χ1v) is 8.97. The van der Waals surface area contributed by atoms with Crippen molar-refractivity contribution < 1.29 is 31.6 Å². The molecule has 0 aliphatic heterocycles. The molecule has 0 fully saturated rings. The van der Waals surface area contributed by atoms with Crippen molar-refractivity contribution in [2.45, 2.75) is 0 Å². The summed E-state index contributed by atoms with van der Waals surface area (Å²) in [7, 11) is 0. The standard InChI is InChI=1S/C17H8F4N6O3S/c18-9-5-10(19)12(21)13(11(9)20)24-16(28)23-7-1-3-8(4-2-7)30-17-25-15(27-31-17)14-22-6-29-26-14/h1-6H,(H2,23,24,28). The smallest absolute Gasteiger partial charge is 0.323 e.